The van der Waals surface area contributed by atoms with Gasteiger partial charge in [0.05, 0.1) is 23.5 Å². The Labute approximate surface area is 280 Å². The van der Waals surface area contributed by atoms with Crippen LogP contribution in [0.25, 0.3) is 22.2 Å². The third kappa shape index (κ3) is 7.44. The number of rotatable bonds is 13. The molecule has 8 nitrogen and oxygen atoms in total. The van der Waals surface area contributed by atoms with Crippen molar-refractivity contribution in [2.45, 2.75) is 82.7 Å². The standard InChI is InChI=1S/C38H41FN4O4S/c1-2-3-17-35-40-33-22-23-42(25-28-13-5-4-6-14-28)38(45)37(33)43(35)26-30-20-19-29(24-32(30)39)31-15-9-10-16-34(31)48(46,47)41-36(44)21-18-27-11-7-8-12-27/h4-6,9-10,13-16,19-20,22-24,27H,2-3,7-8,11-12,17-18,21,25-26H2,1H3,(H,41,44). The first-order chi connectivity index (χ1) is 23.2. The molecule has 1 aliphatic rings. The monoisotopic (exact) mass is 668 g/mol. The van der Waals surface area contributed by atoms with Gasteiger partial charge in [-0.3, -0.25) is 9.59 Å². The van der Waals surface area contributed by atoms with Crippen molar-refractivity contribution in [1.82, 2.24) is 18.8 Å². The van der Waals surface area contributed by atoms with E-state index in [1.807, 2.05) is 41.0 Å². The number of benzene rings is 3. The van der Waals surface area contributed by atoms with E-state index in [4.69, 9.17) is 4.98 Å². The molecule has 0 spiro atoms. The van der Waals surface area contributed by atoms with Crippen molar-refractivity contribution in [1.29, 1.82) is 0 Å². The maximum atomic E-state index is 15.9. The quantitative estimate of drug-likeness (QED) is 0.143. The Bertz CT molecular complexity index is 2080. The highest BCUT2D eigenvalue weighted by Crippen LogP contribution is 2.31. The molecule has 0 unspecified atom stereocenters. The van der Waals surface area contributed by atoms with Crippen LogP contribution in [-0.4, -0.2) is 28.4 Å². The zero-order chi connectivity index (χ0) is 33.7. The SMILES string of the molecule is CCCCc1nc2ccn(Cc3ccccc3)c(=O)c2n1Cc1ccc(-c2ccccc2S(=O)(=O)NC(=O)CCC2CCCC2)cc1F. The van der Waals surface area contributed by atoms with Gasteiger partial charge in [-0.15, -0.1) is 0 Å². The summed E-state index contributed by atoms with van der Waals surface area (Å²) in [5.41, 5.74) is 2.77. The molecule has 2 aromatic heterocycles. The summed E-state index contributed by atoms with van der Waals surface area (Å²) in [4.78, 5) is 31.1. The van der Waals surface area contributed by atoms with Crippen LogP contribution in [0.4, 0.5) is 4.39 Å². The summed E-state index contributed by atoms with van der Waals surface area (Å²) in [6.07, 6.45) is 9.47. The normalized spacial score (nSPS) is 13.7. The first kappa shape index (κ1) is 33.3. The second kappa shape index (κ2) is 14.7. The van der Waals surface area contributed by atoms with Gasteiger partial charge in [0.25, 0.3) is 15.6 Å². The summed E-state index contributed by atoms with van der Waals surface area (Å²) in [6, 6.07) is 22.4. The van der Waals surface area contributed by atoms with Gasteiger partial charge in [-0.05, 0) is 48.1 Å². The fourth-order valence-electron chi connectivity index (χ4n) is 6.67. The minimum absolute atomic E-state index is 0.0866. The van der Waals surface area contributed by atoms with Crippen molar-refractivity contribution < 1.29 is 17.6 Å². The molecule has 6 rings (SSSR count). The van der Waals surface area contributed by atoms with Crippen LogP contribution in [0.1, 0.15) is 75.2 Å². The number of pyridine rings is 1. The van der Waals surface area contributed by atoms with Gasteiger partial charge in [0.1, 0.15) is 17.2 Å². The Morgan fingerprint density at radius 1 is 0.979 bits per heavy atom. The number of nitrogens with zero attached hydrogens (tertiary/aromatic N) is 3. The predicted molar refractivity (Wildman–Crippen MR) is 186 cm³/mol. The Morgan fingerprint density at radius 3 is 2.48 bits per heavy atom. The number of unbranched alkanes of at least 4 members (excludes halogenated alkanes) is 1. The fraction of sp³-hybridized carbons (Fsp3) is 0.342. The number of fused-ring (bicyclic) bond motifs is 1. The second-order valence-electron chi connectivity index (χ2n) is 12.7. The van der Waals surface area contributed by atoms with Crippen molar-refractivity contribution >= 4 is 27.0 Å². The molecule has 1 aliphatic carbocycles. The molecule has 5 aromatic rings. The lowest BCUT2D eigenvalue weighted by molar-refractivity contribution is -0.119. The van der Waals surface area contributed by atoms with Crippen LogP contribution in [0.5, 0.6) is 0 Å². The van der Waals surface area contributed by atoms with Crippen LogP contribution in [0.2, 0.25) is 0 Å². The average Bonchev–Trinajstić information content (AvgIpc) is 3.73. The van der Waals surface area contributed by atoms with Crippen LogP contribution in [-0.2, 0) is 34.3 Å². The highest BCUT2D eigenvalue weighted by Gasteiger charge is 2.24. The Morgan fingerprint density at radius 2 is 1.73 bits per heavy atom. The second-order valence-corrected chi connectivity index (χ2v) is 14.4. The highest BCUT2D eigenvalue weighted by molar-refractivity contribution is 7.90. The molecule has 1 saturated carbocycles. The number of imidazole rings is 1. The molecule has 10 heteroatoms. The maximum Gasteiger partial charge on any atom is 0.277 e. The number of halogens is 1. The summed E-state index contributed by atoms with van der Waals surface area (Å²) in [7, 11) is -4.19. The number of aryl methyl sites for hydroxylation is 1. The van der Waals surface area contributed by atoms with Crippen LogP contribution in [0.3, 0.4) is 0 Å². The molecule has 2 heterocycles. The van der Waals surface area contributed by atoms with E-state index in [9.17, 15) is 18.0 Å². The third-order valence-corrected chi connectivity index (χ3v) is 10.7. The number of carbonyl (C=O) groups is 1. The molecule has 1 N–H and O–H groups in total. The molecule has 0 radical (unpaired) electrons. The zero-order valence-electron chi connectivity index (χ0n) is 27.2. The van der Waals surface area contributed by atoms with Gasteiger partial charge in [0.2, 0.25) is 5.91 Å². The van der Waals surface area contributed by atoms with E-state index in [1.54, 1.807) is 41.1 Å². The number of nitrogens with one attached hydrogen (secondary N) is 1. The molecule has 0 atom stereocenters. The van der Waals surface area contributed by atoms with Gasteiger partial charge < -0.3 is 9.13 Å². The smallest absolute Gasteiger partial charge is 0.277 e. The number of carbonyl (C=O) groups excluding carboxylic acids is 1. The van der Waals surface area contributed by atoms with E-state index >= 15 is 4.39 Å². The molecule has 1 fully saturated rings. The van der Waals surface area contributed by atoms with Gasteiger partial charge in [0, 0.05) is 30.2 Å². The topological polar surface area (TPSA) is 103 Å². The Kier molecular flexibility index (Phi) is 10.2. The van der Waals surface area contributed by atoms with Crippen molar-refractivity contribution in [3.63, 3.8) is 0 Å². The van der Waals surface area contributed by atoms with E-state index < -0.39 is 21.7 Å². The number of amides is 1. The number of aromatic nitrogens is 3. The lowest BCUT2D eigenvalue weighted by Crippen LogP contribution is -2.31. The predicted octanol–water partition coefficient (Wildman–Crippen LogP) is 7.22. The minimum atomic E-state index is -4.19. The van der Waals surface area contributed by atoms with Crippen molar-refractivity contribution in [3.05, 3.63) is 118 Å². The molecule has 0 bridgehead atoms. The van der Waals surface area contributed by atoms with Gasteiger partial charge in [-0.1, -0.05) is 99.7 Å². The van der Waals surface area contributed by atoms with Crippen molar-refractivity contribution in [3.8, 4) is 11.1 Å². The lowest BCUT2D eigenvalue weighted by atomic mass is 10.0. The third-order valence-electron chi connectivity index (χ3n) is 9.27. The van der Waals surface area contributed by atoms with Crippen LogP contribution in [0, 0.1) is 11.7 Å². The molecule has 0 aliphatic heterocycles. The molecule has 3 aromatic carbocycles. The van der Waals surface area contributed by atoms with Crippen molar-refractivity contribution in [2.24, 2.45) is 5.92 Å². The number of sulfonamides is 1. The number of hydrogen-bond acceptors (Lipinski definition) is 5. The lowest BCUT2D eigenvalue weighted by Gasteiger charge is -2.14. The van der Waals surface area contributed by atoms with E-state index in [2.05, 4.69) is 11.6 Å². The summed E-state index contributed by atoms with van der Waals surface area (Å²) in [6.45, 7) is 2.57. The molecular formula is C38H41FN4O4S. The zero-order valence-corrected chi connectivity index (χ0v) is 28.0. The Balaban J connectivity index is 1.28. The van der Waals surface area contributed by atoms with Crippen LogP contribution < -0.4 is 10.3 Å². The van der Waals surface area contributed by atoms with Gasteiger partial charge in [-0.2, -0.15) is 0 Å². The highest BCUT2D eigenvalue weighted by atomic mass is 32.2. The maximum absolute atomic E-state index is 15.9. The minimum Gasteiger partial charge on any atom is -0.319 e. The largest absolute Gasteiger partial charge is 0.319 e. The van der Waals surface area contributed by atoms with Crippen LogP contribution in [0.15, 0.2) is 94.7 Å². The summed E-state index contributed by atoms with van der Waals surface area (Å²) in [5.74, 6) is 0.104. The first-order valence-corrected chi connectivity index (χ1v) is 18.3. The molecule has 0 saturated heterocycles. The van der Waals surface area contributed by atoms with Gasteiger partial charge in [0.15, 0.2) is 0 Å². The summed E-state index contributed by atoms with van der Waals surface area (Å²) >= 11 is 0. The van der Waals surface area contributed by atoms with E-state index in [0.717, 1.165) is 44.1 Å². The summed E-state index contributed by atoms with van der Waals surface area (Å²) < 4.78 is 48.3. The first-order valence-electron chi connectivity index (χ1n) is 16.8. The van der Waals surface area contributed by atoms with Crippen LogP contribution >= 0.6 is 0 Å². The summed E-state index contributed by atoms with van der Waals surface area (Å²) in [5, 5.41) is 0. The number of hydrogen-bond donors (Lipinski definition) is 1. The Hall–Kier alpha value is -4.57. The molecular weight excluding hydrogens is 628 g/mol. The van der Waals surface area contributed by atoms with Gasteiger partial charge in [-0.25, -0.2) is 22.5 Å². The van der Waals surface area contributed by atoms with Gasteiger partial charge >= 0.3 is 0 Å². The molecule has 250 valence electrons. The fourth-order valence-corrected chi connectivity index (χ4v) is 7.91. The van der Waals surface area contributed by atoms with Crippen molar-refractivity contribution in [2.75, 3.05) is 0 Å². The molecule has 1 amide bonds. The van der Waals surface area contributed by atoms with E-state index in [-0.39, 0.29) is 23.4 Å². The average molecular weight is 669 g/mol. The van der Waals surface area contributed by atoms with E-state index in [0.29, 0.717) is 58.9 Å². The molecule has 48 heavy (non-hydrogen) atoms. The van der Waals surface area contributed by atoms with E-state index in [1.165, 1.54) is 12.1 Å².